The van der Waals surface area contributed by atoms with Crippen LogP contribution in [-0.4, -0.2) is 69.6 Å². The lowest BCUT2D eigenvalue weighted by atomic mass is 9.94. The van der Waals surface area contributed by atoms with Gasteiger partial charge in [-0.2, -0.15) is 13.2 Å². The average Bonchev–Trinajstić information content (AvgIpc) is 3.19. The molecule has 1 atom stereocenters. The van der Waals surface area contributed by atoms with Crippen molar-refractivity contribution in [2.75, 3.05) is 51.9 Å². The summed E-state index contributed by atoms with van der Waals surface area (Å²) in [7, 11) is 3.40. The Hall–Kier alpha value is -1.05. The monoisotopic (exact) mass is 577 g/mol. The van der Waals surface area contributed by atoms with Gasteiger partial charge in [0.15, 0.2) is 5.96 Å². The van der Waals surface area contributed by atoms with Gasteiger partial charge in [-0.15, -0.1) is 24.0 Å². The van der Waals surface area contributed by atoms with E-state index in [1.54, 1.807) is 14.2 Å². The first-order chi connectivity index (χ1) is 14.3. The number of aromatic nitrogens is 1. The molecule has 2 aliphatic heterocycles. The summed E-state index contributed by atoms with van der Waals surface area (Å²) in [6.45, 7) is 3.13. The molecule has 7 nitrogen and oxygen atoms in total. The molecular weight excluding hydrogens is 550 g/mol. The van der Waals surface area contributed by atoms with Crippen molar-refractivity contribution in [2.24, 2.45) is 4.99 Å². The lowest BCUT2D eigenvalue weighted by Crippen LogP contribution is -2.52. The number of halogens is 5. The maximum Gasteiger partial charge on any atom is 0.417 e. The van der Waals surface area contributed by atoms with Crippen LogP contribution in [0.2, 0.25) is 5.02 Å². The van der Waals surface area contributed by atoms with Crippen molar-refractivity contribution in [2.45, 2.75) is 37.1 Å². The molecular formula is C19H28ClF3IN5O2. The minimum absolute atomic E-state index is 0. The molecule has 0 aliphatic carbocycles. The van der Waals surface area contributed by atoms with Crippen molar-refractivity contribution in [3.63, 3.8) is 0 Å². The summed E-state index contributed by atoms with van der Waals surface area (Å²) in [5.41, 5.74) is -1.13. The number of ether oxygens (including phenoxy) is 2. The zero-order chi connectivity index (χ0) is 21.8. The molecule has 2 saturated heterocycles. The summed E-state index contributed by atoms with van der Waals surface area (Å²) in [6, 6.07) is 0.980. The molecule has 3 heterocycles. The summed E-state index contributed by atoms with van der Waals surface area (Å²) >= 11 is 6.08. The van der Waals surface area contributed by atoms with Crippen molar-refractivity contribution in [1.29, 1.82) is 0 Å². The van der Waals surface area contributed by atoms with Crippen LogP contribution < -0.4 is 15.5 Å². The lowest BCUT2D eigenvalue weighted by Gasteiger charge is -2.36. The number of rotatable bonds is 5. The number of guanidine groups is 1. The van der Waals surface area contributed by atoms with Gasteiger partial charge in [-0.05, 0) is 12.5 Å². The maximum atomic E-state index is 12.8. The van der Waals surface area contributed by atoms with E-state index in [1.807, 2.05) is 4.90 Å². The van der Waals surface area contributed by atoms with Gasteiger partial charge in [-0.1, -0.05) is 11.6 Å². The van der Waals surface area contributed by atoms with E-state index in [9.17, 15) is 13.2 Å². The highest BCUT2D eigenvalue weighted by atomic mass is 127. The number of aliphatic imine (C=N–C) groups is 1. The summed E-state index contributed by atoms with van der Waals surface area (Å²) in [5.74, 6) is 1.01. The molecule has 0 aromatic carbocycles. The molecule has 1 aromatic rings. The van der Waals surface area contributed by atoms with Crippen molar-refractivity contribution in [1.82, 2.24) is 15.6 Å². The van der Waals surface area contributed by atoms with Gasteiger partial charge in [0.05, 0.1) is 16.2 Å². The Bertz CT molecular complexity index is 763. The number of pyridine rings is 1. The first-order valence-corrected chi connectivity index (χ1v) is 10.2. The predicted octanol–water partition coefficient (Wildman–Crippen LogP) is 3.31. The van der Waals surface area contributed by atoms with Gasteiger partial charge in [-0.25, -0.2) is 4.98 Å². The van der Waals surface area contributed by atoms with Gasteiger partial charge < -0.3 is 25.0 Å². The number of nitrogens with one attached hydrogen (secondary N) is 2. The second-order valence-corrected chi connectivity index (χ2v) is 7.94. The maximum absolute atomic E-state index is 12.8. The SMILES string of the molecule is CN=C(NCC1(OC)CCOCC1)NC1CCN(c2ncc(C(F)(F)F)cc2Cl)C1.I. The Kier molecular flexibility index (Phi) is 9.46. The van der Waals surface area contributed by atoms with Crippen LogP contribution in [0.25, 0.3) is 0 Å². The lowest BCUT2D eigenvalue weighted by molar-refractivity contribution is -0.137. The van der Waals surface area contributed by atoms with E-state index in [0.717, 1.165) is 31.5 Å². The number of hydrogen-bond acceptors (Lipinski definition) is 5. The molecule has 0 bridgehead atoms. The molecule has 31 heavy (non-hydrogen) atoms. The van der Waals surface area contributed by atoms with Gasteiger partial charge in [0.25, 0.3) is 0 Å². The van der Waals surface area contributed by atoms with Crippen LogP contribution in [0.5, 0.6) is 0 Å². The highest BCUT2D eigenvalue weighted by molar-refractivity contribution is 14.0. The van der Waals surface area contributed by atoms with Crippen LogP contribution in [0.3, 0.4) is 0 Å². The normalized spacial score (nSPS) is 21.5. The van der Waals surface area contributed by atoms with E-state index in [4.69, 9.17) is 21.1 Å². The Morgan fingerprint density at radius 2 is 2.13 bits per heavy atom. The standard InChI is InChI=1S/C19H27ClF3N5O2.HI/c1-24-17(26-12-18(29-2)4-7-30-8-5-18)27-14-3-6-28(11-14)16-15(20)9-13(10-25-16)19(21,22)23;/h9-10,14H,3-8,11-12H2,1-2H3,(H2,24,26,27);1H. The fourth-order valence-corrected chi connectivity index (χ4v) is 4.00. The smallest absolute Gasteiger partial charge is 0.381 e. The highest BCUT2D eigenvalue weighted by Gasteiger charge is 2.34. The molecule has 1 aromatic heterocycles. The van der Waals surface area contributed by atoms with Crippen molar-refractivity contribution in [3.8, 4) is 0 Å². The quantitative estimate of drug-likeness (QED) is 0.318. The van der Waals surface area contributed by atoms with E-state index < -0.39 is 11.7 Å². The van der Waals surface area contributed by atoms with Crippen LogP contribution in [0.1, 0.15) is 24.8 Å². The zero-order valence-electron chi connectivity index (χ0n) is 17.5. The summed E-state index contributed by atoms with van der Waals surface area (Å²) in [5, 5.41) is 6.68. The van der Waals surface area contributed by atoms with Crippen LogP contribution in [0.4, 0.5) is 19.0 Å². The number of nitrogens with zero attached hydrogens (tertiary/aromatic N) is 3. The fraction of sp³-hybridized carbons (Fsp3) is 0.684. The number of methoxy groups -OCH3 is 1. The molecule has 3 rings (SSSR count). The number of hydrogen-bond donors (Lipinski definition) is 2. The number of anilines is 1. The summed E-state index contributed by atoms with van der Waals surface area (Å²) in [6.07, 6.45) is -1.25. The van der Waals surface area contributed by atoms with Crippen LogP contribution in [0.15, 0.2) is 17.3 Å². The largest absolute Gasteiger partial charge is 0.417 e. The third-order valence-corrected chi connectivity index (χ3v) is 5.89. The van der Waals surface area contributed by atoms with Crippen molar-refractivity contribution < 1.29 is 22.6 Å². The Morgan fingerprint density at radius 3 is 2.71 bits per heavy atom. The van der Waals surface area contributed by atoms with E-state index in [0.29, 0.717) is 44.6 Å². The molecule has 2 N–H and O–H groups in total. The second kappa shape index (κ2) is 11.2. The van der Waals surface area contributed by atoms with Gasteiger partial charge >= 0.3 is 6.18 Å². The second-order valence-electron chi connectivity index (χ2n) is 7.53. The first kappa shape index (κ1) is 26.2. The fourth-order valence-electron chi connectivity index (χ4n) is 3.72. The van der Waals surface area contributed by atoms with Gasteiger partial charge in [0.1, 0.15) is 5.82 Å². The van der Waals surface area contributed by atoms with E-state index >= 15 is 0 Å². The third-order valence-electron chi connectivity index (χ3n) is 5.62. The topological polar surface area (TPSA) is 71.0 Å². The van der Waals surface area contributed by atoms with Gasteiger partial charge in [0.2, 0.25) is 0 Å². The Morgan fingerprint density at radius 1 is 1.42 bits per heavy atom. The summed E-state index contributed by atoms with van der Waals surface area (Å²) in [4.78, 5) is 10.1. The molecule has 0 spiro atoms. The first-order valence-electron chi connectivity index (χ1n) is 9.84. The molecule has 2 fully saturated rings. The molecule has 0 radical (unpaired) electrons. The third kappa shape index (κ3) is 6.72. The van der Waals surface area contributed by atoms with Crippen molar-refractivity contribution >= 4 is 47.4 Å². The minimum atomic E-state index is -4.47. The van der Waals surface area contributed by atoms with Crippen LogP contribution in [-0.2, 0) is 15.7 Å². The zero-order valence-corrected chi connectivity index (χ0v) is 20.6. The molecule has 0 amide bonds. The molecule has 1 unspecified atom stereocenters. The van der Waals surface area contributed by atoms with Crippen molar-refractivity contribution in [3.05, 3.63) is 22.8 Å². The Labute approximate surface area is 202 Å². The highest BCUT2D eigenvalue weighted by Crippen LogP contribution is 2.34. The molecule has 176 valence electrons. The van der Waals surface area contributed by atoms with Gasteiger partial charge in [0, 0.05) is 72.1 Å². The van der Waals surface area contributed by atoms with Crippen LogP contribution >= 0.6 is 35.6 Å². The van der Waals surface area contributed by atoms with E-state index in [-0.39, 0.29) is 40.6 Å². The summed E-state index contributed by atoms with van der Waals surface area (Å²) < 4.78 is 49.6. The van der Waals surface area contributed by atoms with E-state index in [2.05, 4.69) is 20.6 Å². The average molecular weight is 578 g/mol. The Balaban J connectivity index is 0.00000341. The minimum Gasteiger partial charge on any atom is -0.381 e. The van der Waals surface area contributed by atoms with E-state index in [1.165, 1.54) is 0 Å². The van der Waals surface area contributed by atoms with Gasteiger partial charge in [-0.3, -0.25) is 4.99 Å². The molecule has 0 saturated carbocycles. The van der Waals surface area contributed by atoms with Crippen LogP contribution in [0, 0.1) is 0 Å². The molecule has 12 heteroatoms. The number of alkyl halides is 3. The predicted molar refractivity (Wildman–Crippen MR) is 125 cm³/mol. The molecule has 2 aliphatic rings.